The normalized spacial score (nSPS) is 11.5. The first kappa shape index (κ1) is 19.0. The van der Waals surface area contributed by atoms with Crippen molar-refractivity contribution in [2.45, 2.75) is 6.92 Å². The van der Waals surface area contributed by atoms with Crippen LogP contribution in [0.25, 0.3) is 6.08 Å². The molecule has 0 saturated carbocycles. The minimum Gasteiger partial charge on any atom is -0.379 e. The molecule has 2 aromatic carbocycles. The zero-order valence-corrected chi connectivity index (χ0v) is 15.6. The van der Waals surface area contributed by atoms with Crippen LogP contribution in [0.5, 0.6) is 5.75 Å². The summed E-state index contributed by atoms with van der Waals surface area (Å²) in [6.45, 7) is 1.71. The number of carbonyl (C=O) groups is 1. The van der Waals surface area contributed by atoms with Gasteiger partial charge in [0.05, 0.1) is 5.41 Å². The first-order valence-corrected chi connectivity index (χ1v) is 9.23. The smallest absolute Gasteiger partial charge is 0.332 e. The van der Waals surface area contributed by atoms with Crippen LogP contribution < -0.4 is 4.18 Å². The number of rotatable bonds is 5. The minimum atomic E-state index is -3.97. The maximum absolute atomic E-state index is 12.2. The van der Waals surface area contributed by atoms with Gasteiger partial charge < -0.3 is 9.08 Å². The van der Waals surface area contributed by atoms with E-state index in [-0.39, 0.29) is 11.7 Å². The summed E-state index contributed by atoms with van der Waals surface area (Å²) in [6, 6.07) is 11.4. The van der Waals surface area contributed by atoms with Crippen LogP contribution in [0, 0.1) is 6.92 Å². The van der Waals surface area contributed by atoms with Crippen molar-refractivity contribution in [1.82, 2.24) is 4.90 Å². The predicted molar refractivity (Wildman–Crippen MR) is 99.2 cm³/mol. The van der Waals surface area contributed by atoms with Gasteiger partial charge in [0.2, 0.25) is 0 Å². The lowest BCUT2D eigenvalue weighted by atomic mass is 10.1. The highest BCUT2D eigenvalue weighted by atomic mass is 35.5. The van der Waals surface area contributed by atoms with Crippen molar-refractivity contribution in [2.24, 2.45) is 0 Å². The number of hydrogen-bond acceptors (Lipinski definition) is 4. The van der Waals surface area contributed by atoms with Gasteiger partial charge in [0.1, 0.15) is 5.75 Å². The lowest BCUT2D eigenvalue weighted by Crippen LogP contribution is -2.21. The monoisotopic (exact) mass is 379 g/mol. The highest BCUT2D eigenvalue weighted by Crippen LogP contribution is 2.23. The Labute approximate surface area is 152 Å². The van der Waals surface area contributed by atoms with E-state index in [1.165, 1.54) is 17.0 Å². The fourth-order valence-electron chi connectivity index (χ4n) is 1.97. The van der Waals surface area contributed by atoms with Crippen molar-refractivity contribution in [2.75, 3.05) is 14.1 Å². The Morgan fingerprint density at radius 3 is 2.36 bits per heavy atom. The van der Waals surface area contributed by atoms with Crippen LogP contribution in [0.15, 0.2) is 47.9 Å². The van der Waals surface area contributed by atoms with Gasteiger partial charge in [-0.15, -0.1) is 0 Å². The molecule has 25 heavy (non-hydrogen) atoms. The van der Waals surface area contributed by atoms with Crippen molar-refractivity contribution < 1.29 is 17.4 Å². The standard InChI is InChI=1S/C18H18ClNO4S/c1-13-4-7-15(18(21)20(2)3)12-17(13)24-25(22,23)11-10-14-5-8-16(19)9-6-14/h4-12H,1-3H3. The molecule has 0 fully saturated rings. The zero-order valence-electron chi connectivity index (χ0n) is 14.1. The first-order valence-electron chi connectivity index (χ1n) is 7.38. The highest BCUT2D eigenvalue weighted by Gasteiger charge is 2.15. The molecule has 0 N–H and O–H groups in total. The van der Waals surface area contributed by atoms with Crippen LogP contribution >= 0.6 is 11.6 Å². The number of aryl methyl sites for hydroxylation is 1. The van der Waals surface area contributed by atoms with Gasteiger partial charge in [-0.25, -0.2) is 0 Å². The third-order valence-electron chi connectivity index (χ3n) is 3.34. The van der Waals surface area contributed by atoms with E-state index in [2.05, 4.69) is 0 Å². The van der Waals surface area contributed by atoms with Crippen LogP contribution in [0.4, 0.5) is 0 Å². The van der Waals surface area contributed by atoms with Gasteiger partial charge in [-0.05, 0) is 48.4 Å². The Kier molecular flexibility index (Phi) is 5.87. The van der Waals surface area contributed by atoms with E-state index >= 15 is 0 Å². The molecule has 0 spiro atoms. The SMILES string of the molecule is Cc1ccc(C(=O)N(C)C)cc1OS(=O)(=O)C=Cc1ccc(Cl)cc1. The Morgan fingerprint density at radius 1 is 1.12 bits per heavy atom. The number of benzene rings is 2. The molecule has 0 atom stereocenters. The van der Waals surface area contributed by atoms with Crippen molar-refractivity contribution in [1.29, 1.82) is 0 Å². The van der Waals surface area contributed by atoms with Gasteiger partial charge in [-0.2, -0.15) is 8.42 Å². The molecule has 0 unspecified atom stereocenters. The van der Waals surface area contributed by atoms with Gasteiger partial charge in [-0.1, -0.05) is 29.8 Å². The van der Waals surface area contributed by atoms with Crippen molar-refractivity contribution in [3.05, 3.63) is 69.6 Å². The topological polar surface area (TPSA) is 63.7 Å². The van der Waals surface area contributed by atoms with Crippen LogP contribution in [-0.4, -0.2) is 33.3 Å². The second kappa shape index (κ2) is 7.72. The fraction of sp³-hybridized carbons (Fsp3) is 0.167. The largest absolute Gasteiger partial charge is 0.379 e. The molecular formula is C18H18ClNO4S. The molecule has 0 radical (unpaired) electrons. The summed E-state index contributed by atoms with van der Waals surface area (Å²) in [5, 5.41) is 1.53. The molecule has 0 saturated heterocycles. The Bertz CT molecular complexity index is 903. The van der Waals surface area contributed by atoms with Gasteiger partial charge in [0.15, 0.2) is 0 Å². The maximum atomic E-state index is 12.2. The lowest BCUT2D eigenvalue weighted by molar-refractivity contribution is 0.0827. The molecule has 0 aliphatic rings. The van der Waals surface area contributed by atoms with E-state index in [1.807, 2.05) is 0 Å². The Morgan fingerprint density at radius 2 is 1.76 bits per heavy atom. The average molecular weight is 380 g/mol. The van der Waals surface area contributed by atoms with Gasteiger partial charge in [-0.3, -0.25) is 4.79 Å². The van der Waals surface area contributed by atoms with Crippen molar-refractivity contribution in [3.63, 3.8) is 0 Å². The number of halogens is 1. The first-order chi connectivity index (χ1) is 11.7. The number of amides is 1. The van der Waals surface area contributed by atoms with Crippen LogP contribution in [0.1, 0.15) is 21.5 Å². The van der Waals surface area contributed by atoms with Crippen molar-refractivity contribution in [3.8, 4) is 5.75 Å². The fourth-order valence-corrected chi connectivity index (χ4v) is 2.90. The Hall–Kier alpha value is -2.31. The molecular weight excluding hydrogens is 362 g/mol. The number of carbonyl (C=O) groups excluding carboxylic acids is 1. The second-order valence-corrected chi connectivity index (χ2v) is 7.47. The molecule has 1 amide bonds. The third kappa shape index (κ3) is 5.34. The van der Waals surface area contributed by atoms with E-state index < -0.39 is 10.1 Å². The number of hydrogen-bond donors (Lipinski definition) is 0. The minimum absolute atomic E-state index is 0.119. The average Bonchev–Trinajstić information content (AvgIpc) is 2.55. The zero-order chi connectivity index (χ0) is 18.6. The predicted octanol–water partition coefficient (Wildman–Crippen LogP) is 3.73. The second-order valence-electron chi connectivity index (χ2n) is 5.61. The van der Waals surface area contributed by atoms with E-state index in [4.69, 9.17) is 15.8 Å². The molecule has 2 aromatic rings. The molecule has 0 aliphatic heterocycles. The highest BCUT2D eigenvalue weighted by molar-refractivity contribution is 7.90. The number of nitrogens with zero attached hydrogens (tertiary/aromatic N) is 1. The quantitative estimate of drug-likeness (QED) is 0.742. The molecule has 0 bridgehead atoms. The van der Waals surface area contributed by atoms with Crippen LogP contribution in [0.2, 0.25) is 5.02 Å². The van der Waals surface area contributed by atoms with E-state index in [0.717, 1.165) is 5.41 Å². The summed E-state index contributed by atoms with van der Waals surface area (Å²) in [5.41, 5.74) is 1.63. The summed E-state index contributed by atoms with van der Waals surface area (Å²) in [6.07, 6.45) is 1.41. The van der Waals surface area contributed by atoms with Gasteiger partial charge in [0.25, 0.3) is 5.91 Å². The molecule has 7 heteroatoms. The van der Waals surface area contributed by atoms with Crippen LogP contribution in [-0.2, 0) is 10.1 Å². The summed E-state index contributed by atoms with van der Waals surface area (Å²) in [5.74, 6) is -0.118. The summed E-state index contributed by atoms with van der Waals surface area (Å²) < 4.78 is 29.5. The lowest BCUT2D eigenvalue weighted by Gasteiger charge is -2.12. The summed E-state index contributed by atoms with van der Waals surface area (Å²) in [4.78, 5) is 13.4. The third-order valence-corrected chi connectivity index (χ3v) is 4.48. The van der Waals surface area contributed by atoms with Crippen LogP contribution in [0.3, 0.4) is 0 Å². The molecule has 5 nitrogen and oxygen atoms in total. The van der Waals surface area contributed by atoms with Crippen molar-refractivity contribution >= 4 is 33.7 Å². The summed E-state index contributed by atoms with van der Waals surface area (Å²) >= 11 is 5.79. The Balaban J connectivity index is 2.23. The molecule has 0 aromatic heterocycles. The molecule has 132 valence electrons. The molecule has 0 aliphatic carbocycles. The van der Waals surface area contributed by atoms with Gasteiger partial charge >= 0.3 is 10.1 Å². The maximum Gasteiger partial charge on any atom is 0.332 e. The van der Waals surface area contributed by atoms with Gasteiger partial charge in [0, 0.05) is 24.7 Å². The van der Waals surface area contributed by atoms with E-state index in [1.54, 1.807) is 57.4 Å². The summed E-state index contributed by atoms with van der Waals surface area (Å²) in [7, 11) is -0.728. The van der Waals surface area contributed by atoms with E-state index in [0.29, 0.717) is 21.7 Å². The molecule has 0 heterocycles. The molecule has 2 rings (SSSR count). The van der Waals surface area contributed by atoms with E-state index in [9.17, 15) is 13.2 Å².